The van der Waals surface area contributed by atoms with E-state index in [0.717, 1.165) is 31.3 Å². The summed E-state index contributed by atoms with van der Waals surface area (Å²) in [6.45, 7) is 2.68. The lowest BCUT2D eigenvalue weighted by atomic mass is 9.98. The molecule has 1 N–H and O–H groups in total. The van der Waals surface area contributed by atoms with Crippen LogP contribution < -0.4 is 5.32 Å². The van der Waals surface area contributed by atoms with Crippen LogP contribution in [0.3, 0.4) is 0 Å². The van der Waals surface area contributed by atoms with E-state index < -0.39 is 6.17 Å². The van der Waals surface area contributed by atoms with E-state index in [1.165, 1.54) is 12.0 Å². The summed E-state index contributed by atoms with van der Waals surface area (Å²) >= 11 is 0. The van der Waals surface area contributed by atoms with E-state index >= 15 is 0 Å². The molecule has 3 heteroatoms. The van der Waals surface area contributed by atoms with Crippen molar-refractivity contribution < 1.29 is 4.39 Å². The van der Waals surface area contributed by atoms with Gasteiger partial charge in [0.15, 0.2) is 0 Å². The van der Waals surface area contributed by atoms with Gasteiger partial charge in [0, 0.05) is 19.1 Å². The van der Waals surface area contributed by atoms with Crippen molar-refractivity contribution in [2.24, 2.45) is 11.8 Å². The highest BCUT2D eigenvalue weighted by atomic mass is 19.1. The number of rotatable bonds is 4. The third-order valence-corrected chi connectivity index (χ3v) is 4.55. The maximum absolute atomic E-state index is 13.2. The molecule has 1 saturated heterocycles. The number of nitrogens with one attached hydrogen (secondary N) is 1. The Hall–Kier alpha value is -0.670. The first-order valence-electron chi connectivity index (χ1n) is 7.19. The SMILES string of the molecule is CNC[C@H]1C[C@@H]1C1=CCC(N2CCC(F)C2)C=C1. The molecule has 100 valence electrons. The van der Waals surface area contributed by atoms with Crippen molar-refractivity contribution in [1.29, 1.82) is 0 Å². The second-order valence-corrected chi connectivity index (χ2v) is 5.91. The van der Waals surface area contributed by atoms with Gasteiger partial charge >= 0.3 is 0 Å². The number of allylic oxidation sites excluding steroid dienone is 2. The molecule has 1 aliphatic heterocycles. The predicted molar refractivity (Wildman–Crippen MR) is 72.2 cm³/mol. The van der Waals surface area contributed by atoms with Crippen molar-refractivity contribution in [3.05, 3.63) is 23.8 Å². The van der Waals surface area contributed by atoms with Gasteiger partial charge in [-0.25, -0.2) is 4.39 Å². The Morgan fingerprint density at radius 3 is 3.00 bits per heavy atom. The smallest absolute Gasteiger partial charge is 0.114 e. The van der Waals surface area contributed by atoms with E-state index in [-0.39, 0.29) is 0 Å². The van der Waals surface area contributed by atoms with E-state index in [1.807, 2.05) is 7.05 Å². The minimum Gasteiger partial charge on any atom is -0.319 e. The van der Waals surface area contributed by atoms with Gasteiger partial charge in [0.2, 0.25) is 0 Å². The van der Waals surface area contributed by atoms with Crippen LogP contribution >= 0.6 is 0 Å². The minimum absolute atomic E-state index is 0.441. The molecule has 2 nitrogen and oxygen atoms in total. The topological polar surface area (TPSA) is 15.3 Å². The third kappa shape index (κ3) is 2.52. The van der Waals surface area contributed by atoms with Gasteiger partial charge in [-0.05, 0) is 50.3 Å². The second kappa shape index (κ2) is 5.14. The largest absolute Gasteiger partial charge is 0.319 e. The molecule has 0 spiro atoms. The summed E-state index contributed by atoms with van der Waals surface area (Å²) in [6.07, 6.45) is 9.48. The molecule has 2 unspecified atom stereocenters. The van der Waals surface area contributed by atoms with Crippen molar-refractivity contribution in [1.82, 2.24) is 10.2 Å². The van der Waals surface area contributed by atoms with Crippen molar-refractivity contribution >= 4 is 0 Å². The van der Waals surface area contributed by atoms with E-state index in [4.69, 9.17) is 0 Å². The first-order valence-corrected chi connectivity index (χ1v) is 7.19. The van der Waals surface area contributed by atoms with Crippen molar-refractivity contribution in [3.8, 4) is 0 Å². The van der Waals surface area contributed by atoms with Crippen LogP contribution in [0.15, 0.2) is 23.8 Å². The van der Waals surface area contributed by atoms with Crippen LogP contribution in [0, 0.1) is 11.8 Å². The number of hydrogen-bond acceptors (Lipinski definition) is 2. The molecule has 1 saturated carbocycles. The number of nitrogens with zero attached hydrogens (tertiary/aromatic N) is 1. The Kier molecular flexibility index (Phi) is 3.53. The average molecular weight is 250 g/mol. The fourth-order valence-corrected chi connectivity index (χ4v) is 3.36. The maximum Gasteiger partial charge on any atom is 0.114 e. The Balaban J connectivity index is 1.52. The van der Waals surface area contributed by atoms with Gasteiger partial charge in [0.25, 0.3) is 0 Å². The fraction of sp³-hybridized carbons (Fsp3) is 0.733. The van der Waals surface area contributed by atoms with Gasteiger partial charge in [-0.2, -0.15) is 0 Å². The van der Waals surface area contributed by atoms with Gasteiger partial charge in [-0.1, -0.05) is 18.2 Å². The molecule has 18 heavy (non-hydrogen) atoms. The molecule has 1 heterocycles. The maximum atomic E-state index is 13.2. The van der Waals surface area contributed by atoms with Crippen molar-refractivity contribution in [2.45, 2.75) is 31.5 Å². The molecule has 0 bridgehead atoms. The molecule has 0 amide bonds. The predicted octanol–water partition coefficient (Wildman–Crippen LogP) is 2.14. The van der Waals surface area contributed by atoms with E-state index in [1.54, 1.807) is 0 Å². The lowest BCUT2D eigenvalue weighted by Gasteiger charge is -2.26. The molecule has 0 aromatic carbocycles. The zero-order valence-corrected chi connectivity index (χ0v) is 11.1. The molecule has 2 aliphatic carbocycles. The number of likely N-dealkylation sites (tertiary alicyclic amines) is 1. The van der Waals surface area contributed by atoms with E-state index in [2.05, 4.69) is 28.4 Å². The summed E-state index contributed by atoms with van der Waals surface area (Å²) in [5.41, 5.74) is 1.52. The summed E-state index contributed by atoms with van der Waals surface area (Å²) in [5, 5.41) is 3.26. The van der Waals surface area contributed by atoms with Crippen LogP contribution in [-0.4, -0.2) is 43.8 Å². The molecule has 0 aromatic heterocycles. The van der Waals surface area contributed by atoms with Crippen molar-refractivity contribution in [3.63, 3.8) is 0 Å². The third-order valence-electron chi connectivity index (χ3n) is 4.55. The highest BCUT2D eigenvalue weighted by Crippen LogP contribution is 2.45. The Morgan fingerprint density at radius 2 is 2.39 bits per heavy atom. The summed E-state index contributed by atoms with van der Waals surface area (Å²) in [4.78, 5) is 2.28. The van der Waals surface area contributed by atoms with Gasteiger partial charge < -0.3 is 5.32 Å². The first kappa shape index (κ1) is 12.4. The Morgan fingerprint density at radius 1 is 1.50 bits per heavy atom. The molecular formula is C15H23FN2. The highest BCUT2D eigenvalue weighted by molar-refractivity contribution is 5.32. The van der Waals surface area contributed by atoms with Crippen LogP contribution in [0.25, 0.3) is 0 Å². The zero-order chi connectivity index (χ0) is 12.5. The monoisotopic (exact) mass is 250 g/mol. The summed E-state index contributed by atoms with van der Waals surface area (Å²) < 4.78 is 13.2. The molecule has 3 rings (SSSR count). The molecule has 4 atom stereocenters. The van der Waals surface area contributed by atoms with Gasteiger partial charge in [0.1, 0.15) is 6.17 Å². The van der Waals surface area contributed by atoms with Crippen LogP contribution in [0.1, 0.15) is 19.3 Å². The number of hydrogen-bond donors (Lipinski definition) is 1. The van der Waals surface area contributed by atoms with Gasteiger partial charge in [-0.3, -0.25) is 4.90 Å². The lowest BCUT2D eigenvalue weighted by molar-refractivity contribution is 0.251. The molecule has 3 aliphatic rings. The van der Waals surface area contributed by atoms with Crippen LogP contribution in [0.5, 0.6) is 0 Å². The normalized spacial score (nSPS) is 40.0. The minimum atomic E-state index is -0.604. The molecule has 0 aromatic rings. The standard InChI is InChI=1S/C15H23FN2/c1-17-9-12-8-15(12)11-2-4-14(5-3-11)18-7-6-13(16)10-18/h2-4,12-15,17H,5-10H2,1H3/t12-,13?,14?,15-/m1/s1. The summed E-state index contributed by atoms with van der Waals surface area (Å²) in [6, 6.07) is 0.441. The first-order chi connectivity index (χ1) is 8.78. The van der Waals surface area contributed by atoms with Crippen LogP contribution in [-0.2, 0) is 0 Å². The van der Waals surface area contributed by atoms with Crippen LogP contribution in [0.2, 0.25) is 0 Å². The van der Waals surface area contributed by atoms with Gasteiger partial charge in [0.05, 0.1) is 0 Å². The van der Waals surface area contributed by atoms with E-state index in [0.29, 0.717) is 19.0 Å². The second-order valence-electron chi connectivity index (χ2n) is 5.91. The highest BCUT2D eigenvalue weighted by Gasteiger charge is 2.39. The van der Waals surface area contributed by atoms with Gasteiger partial charge in [-0.15, -0.1) is 0 Å². The van der Waals surface area contributed by atoms with E-state index in [9.17, 15) is 4.39 Å². The zero-order valence-electron chi connectivity index (χ0n) is 11.1. The molecule has 0 radical (unpaired) electrons. The number of alkyl halides is 1. The quantitative estimate of drug-likeness (QED) is 0.822. The Labute approximate surface area is 109 Å². The summed E-state index contributed by atoms with van der Waals surface area (Å²) in [5.74, 6) is 1.62. The fourth-order valence-electron chi connectivity index (χ4n) is 3.36. The van der Waals surface area contributed by atoms with Crippen LogP contribution in [0.4, 0.5) is 4.39 Å². The van der Waals surface area contributed by atoms with Crippen molar-refractivity contribution in [2.75, 3.05) is 26.7 Å². The molecule has 2 fully saturated rings. The average Bonchev–Trinajstić information content (AvgIpc) is 3.02. The summed E-state index contributed by atoms with van der Waals surface area (Å²) in [7, 11) is 2.03. The molecular weight excluding hydrogens is 227 g/mol. The lowest BCUT2D eigenvalue weighted by Crippen LogP contribution is -2.32. The Bertz CT molecular complexity index is 364. The number of halogens is 1.